The quantitative estimate of drug-likeness (QED) is 0.734. The first-order valence-corrected chi connectivity index (χ1v) is 6.54. The number of nitrogens with one attached hydrogen (secondary N) is 1. The van der Waals surface area contributed by atoms with Gasteiger partial charge in [-0.05, 0) is 17.7 Å². The molecule has 0 fully saturated rings. The van der Waals surface area contributed by atoms with Gasteiger partial charge in [0.05, 0.1) is 12.2 Å². The number of benzene rings is 1. The van der Waals surface area contributed by atoms with Crippen LogP contribution in [0.3, 0.4) is 0 Å². The van der Waals surface area contributed by atoms with Gasteiger partial charge in [-0.15, -0.1) is 11.8 Å². The molecule has 0 heterocycles. The van der Waals surface area contributed by atoms with E-state index in [9.17, 15) is 14.0 Å². The van der Waals surface area contributed by atoms with Crippen LogP contribution in [0.2, 0.25) is 0 Å². The van der Waals surface area contributed by atoms with E-state index in [-0.39, 0.29) is 23.9 Å². The minimum absolute atomic E-state index is 0.0275. The summed E-state index contributed by atoms with van der Waals surface area (Å²) >= 11 is 1.24. The Balaban J connectivity index is 2.20. The van der Waals surface area contributed by atoms with Crippen LogP contribution < -0.4 is 5.32 Å². The summed E-state index contributed by atoms with van der Waals surface area (Å²) in [7, 11) is 0. The molecule has 0 aliphatic heterocycles. The van der Waals surface area contributed by atoms with Crippen molar-refractivity contribution >= 4 is 23.6 Å². The number of thioether (sulfide) groups is 1. The lowest BCUT2D eigenvalue weighted by Gasteiger charge is -2.04. The Kier molecular flexibility index (Phi) is 6.21. The highest BCUT2D eigenvalue weighted by atomic mass is 32.2. The summed E-state index contributed by atoms with van der Waals surface area (Å²) in [5.74, 6) is -0.860. The lowest BCUT2D eigenvalue weighted by molar-refractivity contribution is -0.133. The van der Waals surface area contributed by atoms with Crippen LogP contribution in [0.25, 0.3) is 0 Å². The van der Waals surface area contributed by atoms with Crippen LogP contribution in [0.4, 0.5) is 4.39 Å². The van der Waals surface area contributed by atoms with E-state index in [0.29, 0.717) is 17.9 Å². The smallest absolute Gasteiger partial charge is 0.313 e. The molecular formula is C12H14FNO3S. The van der Waals surface area contributed by atoms with Gasteiger partial charge in [-0.3, -0.25) is 9.59 Å². The third kappa shape index (κ3) is 6.24. The van der Waals surface area contributed by atoms with E-state index >= 15 is 0 Å². The Morgan fingerprint density at radius 2 is 2.17 bits per heavy atom. The van der Waals surface area contributed by atoms with Crippen molar-refractivity contribution in [2.24, 2.45) is 0 Å². The predicted molar refractivity (Wildman–Crippen MR) is 68.1 cm³/mol. The predicted octanol–water partition coefficient (Wildman–Crippen LogP) is 1.30. The van der Waals surface area contributed by atoms with Gasteiger partial charge in [0.25, 0.3) is 0 Å². The maximum absolute atomic E-state index is 12.9. The fourth-order valence-corrected chi connectivity index (χ4v) is 1.88. The van der Waals surface area contributed by atoms with Gasteiger partial charge < -0.3 is 10.4 Å². The minimum Gasteiger partial charge on any atom is -0.481 e. The molecule has 6 heteroatoms. The van der Waals surface area contributed by atoms with Crippen LogP contribution in [0.1, 0.15) is 5.56 Å². The number of hydrogen-bond donors (Lipinski definition) is 2. The Morgan fingerprint density at radius 3 is 2.83 bits per heavy atom. The zero-order chi connectivity index (χ0) is 13.4. The number of halogens is 1. The van der Waals surface area contributed by atoms with Crippen LogP contribution >= 0.6 is 11.8 Å². The molecule has 1 amide bonds. The summed E-state index contributed by atoms with van der Waals surface area (Å²) in [5.41, 5.74) is 0.616. The number of carboxylic acid groups (broad SMARTS) is 1. The van der Waals surface area contributed by atoms with Crippen molar-refractivity contribution in [3.63, 3.8) is 0 Å². The van der Waals surface area contributed by atoms with E-state index in [1.165, 1.54) is 23.9 Å². The topological polar surface area (TPSA) is 66.4 Å². The van der Waals surface area contributed by atoms with Crippen molar-refractivity contribution in [3.8, 4) is 0 Å². The molecule has 0 radical (unpaired) electrons. The number of aliphatic carboxylic acids is 1. The molecule has 0 saturated carbocycles. The number of carbonyl (C=O) groups is 2. The second-order valence-corrected chi connectivity index (χ2v) is 4.71. The molecule has 0 bridgehead atoms. The highest BCUT2D eigenvalue weighted by molar-refractivity contribution is 7.99. The van der Waals surface area contributed by atoms with E-state index in [0.717, 1.165) is 0 Å². The van der Waals surface area contributed by atoms with Crippen molar-refractivity contribution in [1.82, 2.24) is 5.32 Å². The van der Waals surface area contributed by atoms with E-state index in [1.807, 2.05) is 0 Å². The number of rotatable bonds is 7. The number of carbonyl (C=O) groups excluding carboxylic acids is 1. The number of carboxylic acids is 1. The third-order valence-electron chi connectivity index (χ3n) is 2.05. The van der Waals surface area contributed by atoms with Gasteiger partial charge in [-0.25, -0.2) is 4.39 Å². The molecule has 1 aromatic rings. The zero-order valence-electron chi connectivity index (χ0n) is 9.69. The molecule has 98 valence electrons. The molecule has 2 N–H and O–H groups in total. The Morgan fingerprint density at radius 1 is 1.39 bits per heavy atom. The normalized spacial score (nSPS) is 10.1. The molecular weight excluding hydrogens is 257 g/mol. The van der Waals surface area contributed by atoms with Gasteiger partial charge in [0.1, 0.15) is 5.82 Å². The number of amides is 1. The molecule has 0 aromatic heterocycles. The van der Waals surface area contributed by atoms with E-state index in [4.69, 9.17) is 5.11 Å². The molecule has 0 saturated heterocycles. The SMILES string of the molecule is O=C(O)CSCCNC(=O)Cc1cccc(F)c1. The highest BCUT2D eigenvalue weighted by Gasteiger charge is 2.04. The molecule has 1 aromatic carbocycles. The standard InChI is InChI=1S/C12H14FNO3S/c13-10-3-1-2-9(6-10)7-11(15)14-4-5-18-8-12(16)17/h1-3,6H,4-5,7-8H2,(H,14,15)(H,16,17). The summed E-state index contributed by atoms with van der Waals surface area (Å²) in [6.07, 6.45) is 0.126. The third-order valence-corrected chi connectivity index (χ3v) is 2.99. The van der Waals surface area contributed by atoms with Crippen LogP contribution in [0.15, 0.2) is 24.3 Å². The van der Waals surface area contributed by atoms with Crippen LogP contribution in [-0.4, -0.2) is 35.0 Å². The van der Waals surface area contributed by atoms with Crippen LogP contribution in [-0.2, 0) is 16.0 Å². The first kappa shape index (κ1) is 14.5. The summed E-state index contributed by atoms with van der Waals surface area (Å²) < 4.78 is 12.9. The monoisotopic (exact) mass is 271 g/mol. The maximum atomic E-state index is 12.9. The van der Waals surface area contributed by atoms with Crippen LogP contribution in [0.5, 0.6) is 0 Å². The van der Waals surface area contributed by atoms with Crippen molar-refractivity contribution < 1.29 is 19.1 Å². The Labute approximate surface area is 109 Å². The van der Waals surface area contributed by atoms with E-state index in [2.05, 4.69) is 5.32 Å². The van der Waals surface area contributed by atoms with E-state index < -0.39 is 5.97 Å². The average Bonchev–Trinajstić information content (AvgIpc) is 2.28. The molecule has 1 rings (SSSR count). The van der Waals surface area contributed by atoms with Crippen LogP contribution in [0, 0.1) is 5.82 Å². The Bertz CT molecular complexity index is 426. The molecule has 0 spiro atoms. The molecule has 0 atom stereocenters. The van der Waals surface area contributed by atoms with Crippen molar-refractivity contribution in [3.05, 3.63) is 35.6 Å². The fraction of sp³-hybridized carbons (Fsp3) is 0.333. The van der Waals surface area contributed by atoms with Crippen molar-refractivity contribution in [2.75, 3.05) is 18.1 Å². The number of hydrogen-bond acceptors (Lipinski definition) is 3. The molecule has 0 aliphatic carbocycles. The highest BCUT2D eigenvalue weighted by Crippen LogP contribution is 2.04. The minimum atomic E-state index is -0.869. The molecule has 18 heavy (non-hydrogen) atoms. The molecule has 0 aliphatic rings. The maximum Gasteiger partial charge on any atom is 0.313 e. The summed E-state index contributed by atoms with van der Waals surface area (Å²) in [5, 5.41) is 11.0. The second kappa shape index (κ2) is 7.71. The van der Waals surface area contributed by atoms with Gasteiger partial charge in [0, 0.05) is 12.3 Å². The largest absolute Gasteiger partial charge is 0.481 e. The van der Waals surface area contributed by atoms with Gasteiger partial charge >= 0.3 is 5.97 Å². The lowest BCUT2D eigenvalue weighted by Crippen LogP contribution is -2.27. The first-order valence-electron chi connectivity index (χ1n) is 5.38. The average molecular weight is 271 g/mol. The summed E-state index contributed by atoms with van der Waals surface area (Å²) in [6, 6.07) is 5.88. The van der Waals surface area contributed by atoms with Gasteiger partial charge in [0.15, 0.2) is 0 Å². The van der Waals surface area contributed by atoms with Gasteiger partial charge in [-0.2, -0.15) is 0 Å². The first-order chi connectivity index (χ1) is 8.58. The summed E-state index contributed by atoms with van der Waals surface area (Å²) in [4.78, 5) is 21.7. The van der Waals surface area contributed by atoms with Crippen molar-refractivity contribution in [2.45, 2.75) is 6.42 Å². The van der Waals surface area contributed by atoms with Crippen molar-refractivity contribution in [1.29, 1.82) is 0 Å². The molecule has 0 unspecified atom stereocenters. The lowest BCUT2D eigenvalue weighted by atomic mass is 10.1. The van der Waals surface area contributed by atoms with E-state index in [1.54, 1.807) is 12.1 Å². The fourth-order valence-electron chi connectivity index (χ4n) is 1.32. The Hall–Kier alpha value is -1.56. The van der Waals surface area contributed by atoms with Gasteiger partial charge in [0.2, 0.25) is 5.91 Å². The zero-order valence-corrected chi connectivity index (χ0v) is 10.5. The molecule has 4 nitrogen and oxygen atoms in total. The van der Waals surface area contributed by atoms with Gasteiger partial charge in [-0.1, -0.05) is 12.1 Å². The second-order valence-electron chi connectivity index (χ2n) is 3.60. The summed E-state index contributed by atoms with van der Waals surface area (Å²) in [6.45, 7) is 0.409.